The van der Waals surface area contributed by atoms with E-state index in [9.17, 15) is 9.59 Å². The van der Waals surface area contributed by atoms with Crippen molar-refractivity contribution >= 4 is 11.9 Å². The van der Waals surface area contributed by atoms with E-state index >= 15 is 0 Å². The lowest BCUT2D eigenvalue weighted by Gasteiger charge is -2.25. The highest BCUT2D eigenvalue weighted by molar-refractivity contribution is 5.95. The average molecular weight is 296 g/mol. The van der Waals surface area contributed by atoms with Gasteiger partial charge in [-0.25, -0.2) is 0 Å². The molecule has 21 heavy (non-hydrogen) atoms. The van der Waals surface area contributed by atoms with Gasteiger partial charge in [0.25, 0.3) is 0 Å². The SMILES string of the molecule is CC(C)OC(=O)C(CC1CC2CCC1C2)C(=O)OC(C)C. The molecule has 2 aliphatic carbocycles. The van der Waals surface area contributed by atoms with Crippen LogP contribution < -0.4 is 0 Å². The number of fused-ring (bicyclic) bond motifs is 2. The second-order valence-corrected chi connectivity index (χ2v) is 7.19. The summed E-state index contributed by atoms with van der Waals surface area (Å²) in [5.74, 6) is 0.392. The maximum atomic E-state index is 12.2. The van der Waals surface area contributed by atoms with Crippen LogP contribution in [-0.4, -0.2) is 24.1 Å². The molecule has 120 valence electrons. The van der Waals surface area contributed by atoms with Crippen molar-refractivity contribution in [1.29, 1.82) is 0 Å². The monoisotopic (exact) mass is 296 g/mol. The summed E-state index contributed by atoms with van der Waals surface area (Å²) in [6.07, 6.45) is 5.19. The van der Waals surface area contributed by atoms with Crippen molar-refractivity contribution in [2.75, 3.05) is 0 Å². The van der Waals surface area contributed by atoms with Crippen LogP contribution >= 0.6 is 0 Å². The topological polar surface area (TPSA) is 52.6 Å². The Hall–Kier alpha value is -1.06. The fraction of sp³-hybridized carbons (Fsp3) is 0.882. The molecule has 0 N–H and O–H groups in total. The first kappa shape index (κ1) is 16.3. The highest BCUT2D eigenvalue weighted by Gasteiger charge is 2.43. The molecule has 0 spiro atoms. The zero-order valence-electron chi connectivity index (χ0n) is 13.6. The maximum Gasteiger partial charge on any atom is 0.320 e. The Morgan fingerprint density at radius 1 is 0.952 bits per heavy atom. The van der Waals surface area contributed by atoms with Crippen LogP contribution in [0.1, 0.15) is 59.8 Å². The Balaban J connectivity index is 2.00. The molecule has 0 aromatic heterocycles. The van der Waals surface area contributed by atoms with Gasteiger partial charge in [-0.2, -0.15) is 0 Å². The largest absolute Gasteiger partial charge is 0.462 e. The average Bonchev–Trinajstić information content (AvgIpc) is 2.95. The molecule has 0 radical (unpaired) electrons. The Bertz CT molecular complexity index is 366. The summed E-state index contributed by atoms with van der Waals surface area (Å²) in [6, 6.07) is 0. The van der Waals surface area contributed by atoms with E-state index in [1.807, 2.05) is 0 Å². The predicted molar refractivity (Wildman–Crippen MR) is 79.5 cm³/mol. The summed E-state index contributed by atoms with van der Waals surface area (Å²) < 4.78 is 10.5. The minimum Gasteiger partial charge on any atom is -0.462 e. The third-order valence-electron chi connectivity index (χ3n) is 4.70. The number of hydrogen-bond acceptors (Lipinski definition) is 4. The highest BCUT2D eigenvalue weighted by Crippen LogP contribution is 2.50. The summed E-state index contributed by atoms with van der Waals surface area (Å²) in [6.45, 7) is 7.22. The highest BCUT2D eigenvalue weighted by atomic mass is 16.6. The fourth-order valence-corrected chi connectivity index (χ4v) is 3.89. The second kappa shape index (κ2) is 6.80. The summed E-state index contributed by atoms with van der Waals surface area (Å²) in [4.78, 5) is 24.5. The molecule has 0 saturated heterocycles. The van der Waals surface area contributed by atoms with Crippen LogP contribution in [0.15, 0.2) is 0 Å². The molecular weight excluding hydrogens is 268 g/mol. The van der Waals surface area contributed by atoms with Crippen LogP contribution in [0, 0.1) is 23.7 Å². The van der Waals surface area contributed by atoms with E-state index in [1.165, 1.54) is 19.3 Å². The molecule has 4 nitrogen and oxygen atoms in total. The van der Waals surface area contributed by atoms with Crippen molar-refractivity contribution in [2.24, 2.45) is 23.7 Å². The molecule has 2 bridgehead atoms. The lowest BCUT2D eigenvalue weighted by molar-refractivity contribution is -0.167. The van der Waals surface area contributed by atoms with E-state index in [0.29, 0.717) is 18.3 Å². The Kier molecular flexibility index (Phi) is 5.28. The molecular formula is C17H28O4. The number of hydrogen-bond donors (Lipinski definition) is 0. The number of carbonyl (C=O) groups is 2. The van der Waals surface area contributed by atoms with Gasteiger partial charge in [-0.05, 0) is 71.1 Å². The first-order valence-electron chi connectivity index (χ1n) is 8.27. The molecule has 2 fully saturated rings. The minimum absolute atomic E-state index is 0.202. The smallest absolute Gasteiger partial charge is 0.320 e. The third-order valence-corrected chi connectivity index (χ3v) is 4.70. The second-order valence-electron chi connectivity index (χ2n) is 7.19. The van der Waals surface area contributed by atoms with E-state index in [-0.39, 0.29) is 12.2 Å². The van der Waals surface area contributed by atoms with Gasteiger partial charge >= 0.3 is 11.9 Å². The summed E-state index contributed by atoms with van der Waals surface area (Å²) in [7, 11) is 0. The van der Waals surface area contributed by atoms with Gasteiger partial charge in [0.2, 0.25) is 0 Å². The van der Waals surface area contributed by atoms with Crippen molar-refractivity contribution in [3.8, 4) is 0 Å². The van der Waals surface area contributed by atoms with Gasteiger partial charge in [0, 0.05) is 0 Å². The Morgan fingerprint density at radius 3 is 1.90 bits per heavy atom. The third kappa shape index (κ3) is 4.21. The van der Waals surface area contributed by atoms with Crippen molar-refractivity contribution in [1.82, 2.24) is 0 Å². The van der Waals surface area contributed by atoms with E-state index in [0.717, 1.165) is 12.3 Å². The number of rotatable bonds is 6. The van der Waals surface area contributed by atoms with Crippen LogP contribution in [-0.2, 0) is 19.1 Å². The van der Waals surface area contributed by atoms with Crippen LogP contribution in [0.25, 0.3) is 0 Å². The zero-order chi connectivity index (χ0) is 15.6. The standard InChI is InChI=1S/C17H28O4/c1-10(2)20-16(18)15(17(19)21-11(3)4)9-14-8-12-5-6-13(14)7-12/h10-15H,5-9H2,1-4H3. The summed E-state index contributed by atoms with van der Waals surface area (Å²) in [5.41, 5.74) is 0. The van der Waals surface area contributed by atoms with Crippen molar-refractivity contribution < 1.29 is 19.1 Å². The molecule has 0 aromatic carbocycles. The molecule has 0 aromatic rings. The molecule has 2 aliphatic rings. The Labute approximate surface area is 127 Å². The van der Waals surface area contributed by atoms with Crippen molar-refractivity contribution in [3.05, 3.63) is 0 Å². The molecule has 2 rings (SSSR count). The molecule has 4 heteroatoms. The maximum absolute atomic E-state index is 12.2. The predicted octanol–water partition coefficient (Wildman–Crippen LogP) is 3.33. The van der Waals surface area contributed by atoms with Gasteiger partial charge in [-0.15, -0.1) is 0 Å². The van der Waals surface area contributed by atoms with E-state index in [1.54, 1.807) is 27.7 Å². The first-order chi connectivity index (χ1) is 9.86. The molecule has 2 saturated carbocycles. The zero-order valence-corrected chi connectivity index (χ0v) is 13.6. The van der Waals surface area contributed by atoms with Crippen LogP contribution in [0.3, 0.4) is 0 Å². The first-order valence-corrected chi connectivity index (χ1v) is 8.27. The Morgan fingerprint density at radius 2 is 1.52 bits per heavy atom. The molecule has 0 heterocycles. The molecule has 0 aliphatic heterocycles. The van der Waals surface area contributed by atoms with E-state index < -0.39 is 17.9 Å². The van der Waals surface area contributed by atoms with Crippen molar-refractivity contribution in [2.45, 2.75) is 72.0 Å². The van der Waals surface area contributed by atoms with Gasteiger partial charge in [0.15, 0.2) is 5.92 Å². The van der Waals surface area contributed by atoms with E-state index in [4.69, 9.17) is 9.47 Å². The number of carbonyl (C=O) groups excluding carboxylic acids is 2. The quantitative estimate of drug-likeness (QED) is 0.557. The normalized spacial score (nSPS) is 27.7. The van der Waals surface area contributed by atoms with Crippen LogP contribution in [0.2, 0.25) is 0 Å². The minimum atomic E-state index is -0.751. The number of esters is 2. The van der Waals surface area contributed by atoms with Gasteiger partial charge in [-0.1, -0.05) is 6.42 Å². The van der Waals surface area contributed by atoms with Gasteiger partial charge in [0.1, 0.15) is 0 Å². The summed E-state index contributed by atoms with van der Waals surface area (Å²) in [5, 5.41) is 0. The van der Waals surface area contributed by atoms with E-state index in [2.05, 4.69) is 0 Å². The van der Waals surface area contributed by atoms with Gasteiger partial charge < -0.3 is 9.47 Å². The van der Waals surface area contributed by atoms with Gasteiger partial charge in [-0.3, -0.25) is 9.59 Å². The summed E-state index contributed by atoms with van der Waals surface area (Å²) >= 11 is 0. The van der Waals surface area contributed by atoms with Crippen LogP contribution in [0.4, 0.5) is 0 Å². The van der Waals surface area contributed by atoms with Crippen molar-refractivity contribution in [3.63, 3.8) is 0 Å². The lowest BCUT2D eigenvalue weighted by atomic mass is 9.82. The van der Waals surface area contributed by atoms with Crippen LogP contribution in [0.5, 0.6) is 0 Å². The number of ether oxygens (including phenoxy) is 2. The fourth-order valence-electron chi connectivity index (χ4n) is 3.89. The molecule has 3 unspecified atom stereocenters. The molecule has 0 amide bonds. The molecule has 3 atom stereocenters. The van der Waals surface area contributed by atoms with Gasteiger partial charge in [0.05, 0.1) is 12.2 Å². The lowest BCUT2D eigenvalue weighted by Crippen LogP contribution is -2.33.